The molecule has 1 heterocycles. The van der Waals surface area contributed by atoms with E-state index in [0.717, 1.165) is 5.82 Å². The number of Topliss-reactive ketones (excluding diaryl/α,β-unsaturated/α-hetero) is 1. The second-order valence-corrected chi connectivity index (χ2v) is 4.21. The number of nitrogens with one attached hydrogen (secondary N) is 1. The Hall–Kier alpha value is -1.12. The molecule has 0 radical (unpaired) electrons. The lowest BCUT2D eigenvalue weighted by atomic mass is 9.88. The first-order valence-electron chi connectivity index (χ1n) is 4.52. The summed E-state index contributed by atoms with van der Waals surface area (Å²) in [7, 11) is 0. The fourth-order valence-corrected chi connectivity index (χ4v) is 1.04. The summed E-state index contributed by atoms with van der Waals surface area (Å²) in [6.07, 6.45) is 4.76. The quantitative estimate of drug-likeness (QED) is 0.772. The summed E-state index contributed by atoms with van der Waals surface area (Å²) in [5, 5.41) is 0. The molecule has 0 amide bonds. The highest BCUT2D eigenvalue weighted by Gasteiger charge is 2.20. The number of rotatable bonds is 3. The topological polar surface area (TPSA) is 45.8 Å². The smallest absolute Gasteiger partial charge is 0.138 e. The van der Waals surface area contributed by atoms with Gasteiger partial charge in [0.25, 0.3) is 0 Å². The number of aryl methyl sites for hydroxylation is 1. The van der Waals surface area contributed by atoms with Crippen LogP contribution in [0.4, 0.5) is 0 Å². The second-order valence-electron chi connectivity index (χ2n) is 4.21. The van der Waals surface area contributed by atoms with Crippen LogP contribution < -0.4 is 0 Å². The van der Waals surface area contributed by atoms with Crippen LogP contribution in [-0.2, 0) is 11.2 Å². The van der Waals surface area contributed by atoms with Gasteiger partial charge in [-0.3, -0.25) is 4.79 Å². The molecule has 0 saturated heterocycles. The van der Waals surface area contributed by atoms with Crippen molar-refractivity contribution in [1.29, 1.82) is 0 Å². The summed E-state index contributed by atoms with van der Waals surface area (Å²) >= 11 is 0. The minimum atomic E-state index is -0.230. The standard InChI is InChI=1S/C10H16N2O/c1-10(2,3)8(13)4-5-9-11-6-7-12-9/h6-7H,4-5H2,1-3H3,(H,11,12). The molecule has 1 rings (SSSR count). The fraction of sp³-hybridized carbons (Fsp3) is 0.600. The average molecular weight is 180 g/mol. The molecule has 0 aliphatic carbocycles. The van der Waals surface area contributed by atoms with Gasteiger partial charge in [-0.1, -0.05) is 20.8 Å². The highest BCUT2D eigenvalue weighted by atomic mass is 16.1. The van der Waals surface area contributed by atoms with Gasteiger partial charge in [0.1, 0.15) is 11.6 Å². The van der Waals surface area contributed by atoms with E-state index < -0.39 is 0 Å². The maximum absolute atomic E-state index is 11.5. The van der Waals surface area contributed by atoms with E-state index in [4.69, 9.17) is 0 Å². The molecule has 0 saturated carbocycles. The normalized spacial score (nSPS) is 11.6. The van der Waals surface area contributed by atoms with Gasteiger partial charge in [-0.25, -0.2) is 4.98 Å². The van der Waals surface area contributed by atoms with Crippen molar-refractivity contribution in [2.75, 3.05) is 0 Å². The van der Waals surface area contributed by atoms with Crippen LogP contribution in [0.25, 0.3) is 0 Å². The Morgan fingerprint density at radius 1 is 1.54 bits per heavy atom. The van der Waals surface area contributed by atoms with Crippen LogP contribution in [0.1, 0.15) is 33.0 Å². The molecule has 1 aromatic rings. The van der Waals surface area contributed by atoms with Crippen molar-refractivity contribution in [3.8, 4) is 0 Å². The van der Waals surface area contributed by atoms with Crippen LogP contribution in [0.3, 0.4) is 0 Å². The molecule has 1 aromatic heterocycles. The summed E-state index contributed by atoms with van der Waals surface area (Å²) in [5.74, 6) is 1.17. The second kappa shape index (κ2) is 3.73. The maximum Gasteiger partial charge on any atom is 0.138 e. The number of carbonyl (C=O) groups excluding carboxylic acids is 1. The Morgan fingerprint density at radius 3 is 2.69 bits per heavy atom. The van der Waals surface area contributed by atoms with Crippen molar-refractivity contribution < 1.29 is 4.79 Å². The number of imidazole rings is 1. The lowest BCUT2D eigenvalue weighted by Crippen LogP contribution is -2.20. The van der Waals surface area contributed by atoms with Crippen LogP contribution in [0.5, 0.6) is 0 Å². The molecule has 0 atom stereocenters. The number of hydrogen-bond donors (Lipinski definition) is 1. The predicted octanol–water partition coefficient (Wildman–Crippen LogP) is 1.96. The van der Waals surface area contributed by atoms with E-state index in [-0.39, 0.29) is 11.2 Å². The molecule has 0 fully saturated rings. The molecule has 0 aromatic carbocycles. The SMILES string of the molecule is CC(C)(C)C(=O)CCc1ncc[nH]1. The van der Waals surface area contributed by atoms with Crippen LogP contribution in [0, 0.1) is 5.41 Å². The zero-order valence-corrected chi connectivity index (χ0v) is 8.42. The third-order valence-corrected chi connectivity index (χ3v) is 1.98. The lowest BCUT2D eigenvalue weighted by Gasteiger charge is -2.15. The van der Waals surface area contributed by atoms with Crippen LogP contribution in [0.2, 0.25) is 0 Å². The molecule has 0 aliphatic rings. The van der Waals surface area contributed by atoms with Gasteiger partial charge < -0.3 is 4.98 Å². The van der Waals surface area contributed by atoms with Gasteiger partial charge in [-0.15, -0.1) is 0 Å². The number of H-pyrrole nitrogens is 1. The minimum Gasteiger partial charge on any atom is -0.349 e. The van der Waals surface area contributed by atoms with Gasteiger partial charge in [0, 0.05) is 30.7 Å². The first-order chi connectivity index (χ1) is 6.00. The Morgan fingerprint density at radius 2 is 2.23 bits per heavy atom. The molecule has 13 heavy (non-hydrogen) atoms. The number of hydrogen-bond acceptors (Lipinski definition) is 2. The summed E-state index contributed by atoms with van der Waals surface area (Å²) in [6, 6.07) is 0. The minimum absolute atomic E-state index is 0.230. The molecule has 0 spiro atoms. The van der Waals surface area contributed by atoms with E-state index >= 15 is 0 Å². The van der Waals surface area contributed by atoms with Crippen molar-refractivity contribution in [1.82, 2.24) is 9.97 Å². The molecular formula is C10H16N2O. The van der Waals surface area contributed by atoms with E-state index in [2.05, 4.69) is 9.97 Å². The molecule has 0 unspecified atom stereocenters. The Bertz CT molecular complexity index is 270. The molecular weight excluding hydrogens is 164 g/mol. The number of aromatic amines is 1. The van der Waals surface area contributed by atoms with Crippen molar-refractivity contribution >= 4 is 5.78 Å². The van der Waals surface area contributed by atoms with Gasteiger partial charge in [-0.2, -0.15) is 0 Å². The van der Waals surface area contributed by atoms with Crippen molar-refractivity contribution in [2.24, 2.45) is 5.41 Å². The van der Waals surface area contributed by atoms with E-state index in [0.29, 0.717) is 12.8 Å². The van der Waals surface area contributed by atoms with Crippen molar-refractivity contribution in [3.63, 3.8) is 0 Å². The molecule has 0 aliphatic heterocycles. The van der Waals surface area contributed by atoms with Crippen molar-refractivity contribution in [3.05, 3.63) is 18.2 Å². The zero-order valence-electron chi connectivity index (χ0n) is 8.42. The average Bonchev–Trinajstić information content (AvgIpc) is 2.50. The van der Waals surface area contributed by atoms with Crippen LogP contribution in [0.15, 0.2) is 12.4 Å². The third-order valence-electron chi connectivity index (χ3n) is 1.98. The Labute approximate surface area is 78.6 Å². The zero-order chi connectivity index (χ0) is 9.90. The summed E-state index contributed by atoms with van der Waals surface area (Å²) in [6.45, 7) is 5.83. The monoisotopic (exact) mass is 180 g/mol. The summed E-state index contributed by atoms with van der Waals surface area (Å²) in [5.41, 5.74) is -0.230. The van der Waals surface area contributed by atoms with E-state index in [1.54, 1.807) is 12.4 Å². The van der Waals surface area contributed by atoms with Gasteiger partial charge in [0.05, 0.1) is 0 Å². The van der Waals surface area contributed by atoms with Gasteiger partial charge in [0.2, 0.25) is 0 Å². The third kappa shape index (κ3) is 3.01. The number of aromatic nitrogens is 2. The van der Waals surface area contributed by atoms with Crippen molar-refractivity contribution in [2.45, 2.75) is 33.6 Å². The first-order valence-corrected chi connectivity index (χ1v) is 4.52. The Balaban J connectivity index is 2.40. The van der Waals surface area contributed by atoms with Crippen LogP contribution >= 0.6 is 0 Å². The fourth-order valence-electron chi connectivity index (χ4n) is 1.04. The largest absolute Gasteiger partial charge is 0.349 e. The van der Waals surface area contributed by atoms with E-state index in [9.17, 15) is 4.79 Å². The number of nitrogens with zero attached hydrogens (tertiary/aromatic N) is 1. The first kappa shape index (κ1) is 9.96. The molecule has 0 bridgehead atoms. The predicted molar refractivity (Wildman–Crippen MR) is 51.4 cm³/mol. The highest BCUT2D eigenvalue weighted by Crippen LogP contribution is 2.17. The Kier molecular flexibility index (Phi) is 2.86. The summed E-state index contributed by atoms with van der Waals surface area (Å²) < 4.78 is 0. The van der Waals surface area contributed by atoms with E-state index in [1.807, 2.05) is 20.8 Å². The molecule has 3 heteroatoms. The van der Waals surface area contributed by atoms with Gasteiger partial charge in [0.15, 0.2) is 0 Å². The molecule has 1 N–H and O–H groups in total. The maximum atomic E-state index is 11.5. The summed E-state index contributed by atoms with van der Waals surface area (Å²) in [4.78, 5) is 18.6. The number of carbonyl (C=O) groups is 1. The molecule has 3 nitrogen and oxygen atoms in total. The molecule has 72 valence electrons. The van der Waals surface area contributed by atoms with E-state index in [1.165, 1.54) is 0 Å². The van der Waals surface area contributed by atoms with Gasteiger partial charge in [-0.05, 0) is 0 Å². The van der Waals surface area contributed by atoms with Crippen LogP contribution in [-0.4, -0.2) is 15.8 Å². The number of ketones is 1. The lowest BCUT2D eigenvalue weighted by molar-refractivity contribution is -0.126. The highest BCUT2D eigenvalue weighted by molar-refractivity contribution is 5.83. The van der Waals surface area contributed by atoms with Gasteiger partial charge >= 0.3 is 0 Å².